The molecule has 1 atom stereocenters. The Labute approximate surface area is 97.0 Å². The summed E-state index contributed by atoms with van der Waals surface area (Å²) in [5.41, 5.74) is 0. The molecule has 0 aliphatic heterocycles. The van der Waals surface area contributed by atoms with E-state index in [1.807, 2.05) is 6.92 Å². The summed E-state index contributed by atoms with van der Waals surface area (Å²) >= 11 is 12.5. The molecule has 0 fully saturated rings. The molecular formula is C9H10Cl2FNS. The fraction of sp³-hybridized carbons (Fsp3) is 0.444. The largest absolute Gasteiger partial charge is 0.245 e. The van der Waals surface area contributed by atoms with Crippen molar-refractivity contribution in [1.82, 2.24) is 4.98 Å². The fourth-order valence-electron chi connectivity index (χ4n) is 0.892. The van der Waals surface area contributed by atoms with Gasteiger partial charge in [0.15, 0.2) is 5.82 Å². The highest BCUT2D eigenvalue weighted by atomic mass is 35.5. The molecule has 5 heteroatoms. The number of pyridine rings is 1. The summed E-state index contributed by atoms with van der Waals surface area (Å²) in [5, 5.41) is 0.958. The van der Waals surface area contributed by atoms with Crippen molar-refractivity contribution in [2.45, 2.75) is 23.6 Å². The van der Waals surface area contributed by atoms with Gasteiger partial charge >= 0.3 is 0 Å². The van der Waals surface area contributed by atoms with Gasteiger partial charge in [-0.15, -0.1) is 23.4 Å². The van der Waals surface area contributed by atoms with Crippen molar-refractivity contribution in [2.24, 2.45) is 0 Å². The average Bonchev–Trinajstić information content (AvgIpc) is 2.10. The molecule has 0 bridgehead atoms. The molecule has 0 saturated heterocycles. The Morgan fingerprint density at radius 3 is 2.93 bits per heavy atom. The van der Waals surface area contributed by atoms with Gasteiger partial charge in [0.1, 0.15) is 5.03 Å². The Balaban J connectivity index is 2.67. The average molecular weight is 254 g/mol. The number of thioether (sulfide) groups is 1. The minimum atomic E-state index is -0.371. The van der Waals surface area contributed by atoms with E-state index in [0.29, 0.717) is 15.9 Å². The lowest BCUT2D eigenvalue weighted by Crippen LogP contribution is -1.98. The zero-order valence-electron chi connectivity index (χ0n) is 7.64. The summed E-state index contributed by atoms with van der Waals surface area (Å²) in [6, 6.07) is 1.27. The van der Waals surface area contributed by atoms with Gasteiger partial charge in [-0.3, -0.25) is 0 Å². The van der Waals surface area contributed by atoms with Crippen molar-refractivity contribution < 1.29 is 4.39 Å². The topological polar surface area (TPSA) is 12.9 Å². The van der Waals surface area contributed by atoms with Crippen molar-refractivity contribution in [2.75, 3.05) is 5.88 Å². The molecule has 0 saturated carbocycles. The van der Waals surface area contributed by atoms with Crippen LogP contribution in [0, 0.1) is 5.82 Å². The first kappa shape index (κ1) is 12.1. The molecule has 1 heterocycles. The van der Waals surface area contributed by atoms with Crippen LogP contribution in [-0.2, 0) is 0 Å². The second-order valence-electron chi connectivity index (χ2n) is 2.85. The molecule has 0 N–H and O–H groups in total. The summed E-state index contributed by atoms with van der Waals surface area (Å²) in [6.45, 7) is 1.99. The van der Waals surface area contributed by atoms with Crippen molar-refractivity contribution >= 4 is 35.0 Å². The Hall–Kier alpha value is 0.01000. The van der Waals surface area contributed by atoms with E-state index in [2.05, 4.69) is 4.98 Å². The zero-order chi connectivity index (χ0) is 10.6. The van der Waals surface area contributed by atoms with Crippen LogP contribution in [0.5, 0.6) is 0 Å². The van der Waals surface area contributed by atoms with E-state index in [4.69, 9.17) is 23.2 Å². The van der Waals surface area contributed by atoms with Crippen LogP contribution in [0.4, 0.5) is 4.39 Å². The number of rotatable bonds is 4. The molecule has 1 nitrogen and oxygen atoms in total. The number of hydrogen-bond acceptors (Lipinski definition) is 2. The Morgan fingerprint density at radius 1 is 1.64 bits per heavy atom. The molecule has 0 aliphatic rings. The summed E-state index contributed by atoms with van der Waals surface area (Å²) in [6.07, 6.45) is 2.27. The van der Waals surface area contributed by atoms with Crippen LogP contribution in [-0.4, -0.2) is 16.1 Å². The third-order valence-corrected chi connectivity index (χ3v) is 3.19. The zero-order valence-corrected chi connectivity index (χ0v) is 9.96. The van der Waals surface area contributed by atoms with Gasteiger partial charge in [-0.2, -0.15) is 0 Å². The Kier molecular flexibility index (Phi) is 4.99. The lowest BCUT2D eigenvalue weighted by Gasteiger charge is -2.08. The predicted molar refractivity (Wildman–Crippen MR) is 59.9 cm³/mol. The van der Waals surface area contributed by atoms with Crippen LogP contribution in [0.1, 0.15) is 13.3 Å². The summed E-state index contributed by atoms with van der Waals surface area (Å²) < 4.78 is 13.3. The maximum Gasteiger partial charge on any atom is 0.156 e. The maximum atomic E-state index is 13.3. The summed E-state index contributed by atoms with van der Waals surface area (Å²) in [5.74, 6) is 0.201. The van der Waals surface area contributed by atoms with Crippen LogP contribution in [0.15, 0.2) is 17.3 Å². The molecular weight excluding hydrogens is 244 g/mol. The lowest BCUT2D eigenvalue weighted by atomic mass is 10.4. The first-order valence-electron chi connectivity index (χ1n) is 4.17. The molecule has 1 unspecified atom stereocenters. The standard InChI is InChI=1S/C9H10Cl2FNS/c1-6(2-3-10)14-9-8(12)4-7(11)5-13-9/h4-6H,2-3H2,1H3. The number of hydrogen-bond donors (Lipinski definition) is 0. The Bertz CT molecular complexity index is 309. The van der Waals surface area contributed by atoms with E-state index in [0.717, 1.165) is 6.42 Å². The van der Waals surface area contributed by atoms with Crippen molar-refractivity contribution in [3.8, 4) is 0 Å². The molecule has 0 aromatic carbocycles. The smallest absolute Gasteiger partial charge is 0.156 e. The van der Waals surface area contributed by atoms with Crippen LogP contribution in [0.2, 0.25) is 5.02 Å². The van der Waals surface area contributed by atoms with Crippen molar-refractivity contribution in [1.29, 1.82) is 0 Å². The quantitative estimate of drug-likeness (QED) is 0.595. The van der Waals surface area contributed by atoms with E-state index >= 15 is 0 Å². The van der Waals surface area contributed by atoms with Gasteiger partial charge < -0.3 is 0 Å². The SMILES string of the molecule is CC(CCCl)Sc1ncc(Cl)cc1F. The highest BCUT2D eigenvalue weighted by Gasteiger charge is 2.09. The second kappa shape index (κ2) is 5.79. The van der Waals surface area contributed by atoms with Crippen LogP contribution in [0.3, 0.4) is 0 Å². The van der Waals surface area contributed by atoms with E-state index in [9.17, 15) is 4.39 Å². The minimum Gasteiger partial charge on any atom is -0.245 e. The molecule has 1 rings (SSSR count). The lowest BCUT2D eigenvalue weighted by molar-refractivity contribution is 0.587. The van der Waals surface area contributed by atoms with Crippen LogP contribution < -0.4 is 0 Å². The monoisotopic (exact) mass is 253 g/mol. The molecule has 0 amide bonds. The fourth-order valence-corrected chi connectivity index (χ4v) is 2.40. The Morgan fingerprint density at radius 2 is 2.36 bits per heavy atom. The van der Waals surface area contributed by atoms with Gasteiger partial charge in [0, 0.05) is 17.3 Å². The molecule has 1 aromatic rings. The van der Waals surface area contributed by atoms with Gasteiger partial charge in [-0.05, 0) is 12.5 Å². The summed E-state index contributed by atoms with van der Waals surface area (Å²) in [4.78, 5) is 3.91. The highest BCUT2D eigenvalue weighted by Crippen LogP contribution is 2.27. The van der Waals surface area contributed by atoms with Gasteiger partial charge in [0.2, 0.25) is 0 Å². The third kappa shape index (κ3) is 3.64. The number of halogens is 3. The molecule has 0 radical (unpaired) electrons. The second-order valence-corrected chi connectivity index (χ2v) is 5.09. The van der Waals surface area contributed by atoms with Gasteiger partial charge in [-0.25, -0.2) is 9.37 Å². The van der Waals surface area contributed by atoms with E-state index in [-0.39, 0.29) is 11.1 Å². The predicted octanol–water partition coefficient (Wildman–Crippen LogP) is 3.98. The third-order valence-electron chi connectivity index (χ3n) is 1.60. The van der Waals surface area contributed by atoms with Gasteiger partial charge in [-0.1, -0.05) is 18.5 Å². The first-order chi connectivity index (χ1) is 6.63. The normalized spacial score (nSPS) is 12.9. The van der Waals surface area contributed by atoms with E-state index in [1.165, 1.54) is 24.0 Å². The molecule has 78 valence electrons. The van der Waals surface area contributed by atoms with E-state index < -0.39 is 0 Å². The maximum absolute atomic E-state index is 13.3. The molecule has 0 spiro atoms. The van der Waals surface area contributed by atoms with Crippen molar-refractivity contribution in [3.63, 3.8) is 0 Å². The van der Waals surface area contributed by atoms with Crippen molar-refractivity contribution in [3.05, 3.63) is 23.1 Å². The van der Waals surface area contributed by atoms with E-state index in [1.54, 1.807) is 0 Å². The van der Waals surface area contributed by atoms with Crippen LogP contribution in [0.25, 0.3) is 0 Å². The first-order valence-corrected chi connectivity index (χ1v) is 5.96. The number of alkyl halides is 1. The minimum absolute atomic E-state index is 0.260. The van der Waals surface area contributed by atoms with Gasteiger partial charge in [0.05, 0.1) is 5.02 Å². The number of aromatic nitrogens is 1. The molecule has 1 aromatic heterocycles. The number of nitrogens with zero attached hydrogens (tertiary/aromatic N) is 1. The highest BCUT2D eigenvalue weighted by molar-refractivity contribution is 7.99. The molecule has 0 aliphatic carbocycles. The van der Waals surface area contributed by atoms with Crippen LogP contribution >= 0.6 is 35.0 Å². The molecule has 14 heavy (non-hydrogen) atoms. The van der Waals surface area contributed by atoms with Gasteiger partial charge in [0.25, 0.3) is 0 Å². The summed E-state index contributed by atoms with van der Waals surface area (Å²) in [7, 11) is 0.